The van der Waals surface area contributed by atoms with Crippen molar-refractivity contribution in [2.75, 3.05) is 13.1 Å². The highest BCUT2D eigenvalue weighted by Gasteiger charge is 2.39. The second-order valence-electron chi connectivity index (χ2n) is 6.74. The van der Waals surface area contributed by atoms with Crippen molar-refractivity contribution >= 4 is 12.0 Å². The predicted molar refractivity (Wildman–Crippen MR) is 92.9 cm³/mol. The fraction of sp³-hybridized carbons (Fsp3) is 0.400. The first-order valence-corrected chi connectivity index (χ1v) is 8.67. The zero-order valence-electron chi connectivity index (χ0n) is 14.2. The molecule has 0 N–H and O–H groups in total. The number of carbonyl (C=O) groups excluding carboxylic acids is 1. The number of amides is 1. The first kappa shape index (κ1) is 15.2. The van der Waals surface area contributed by atoms with E-state index in [2.05, 4.69) is 41.4 Å². The number of hydrogen-bond donors (Lipinski definition) is 0. The number of aryl methyl sites for hydroxylation is 2. The van der Waals surface area contributed by atoms with Crippen LogP contribution in [-0.2, 0) is 11.8 Å². The third kappa shape index (κ3) is 2.29. The molecule has 1 amide bonds. The Balaban J connectivity index is 1.52. The van der Waals surface area contributed by atoms with E-state index in [4.69, 9.17) is 4.42 Å². The summed E-state index contributed by atoms with van der Waals surface area (Å²) in [6.45, 7) is 5.32. The molecule has 0 radical (unpaired) electrons. The van der Waals surface area contributed by atoms with Gasteiger partial charge in [-0.2, -0.15) is 0 Å². The first-order valence-electron chi connectivity index (χ1n) is 8.67. The van der Waals surface area contributed by atoms with E-state index >= 15 is 0 Å². The number of nitrogens with zero attached hydrogens (tertiary/aromatic N) is 2. The largest absolute Gasteiger partial charge is 0.435 e. The van der Waals surface area contributed by atoms with Gasteiger partial charge in [-0.25, -0.2) is 4.98 Å². The molecule has 0 atom stereocenters. The Labute approximate surface area is 142 Å². The normalized spacial score (nSPS) is 18.2. The molecule has 1 fully saturated rings. The Bertz CT molecular complexity index is 811. The average Bonchev–Trinajstić information content (AvgIpc) is 3.17. The first-order chi connectivity index (χ1) is 11.6. The summed E-state index contributed by atoms with van der Waals surface area (Å²) in [4.78, 5) is 19.0. The lowest BCUT2D eigenvalue weighted by molar-refractivity contribution is 0.0655. The van der Waals surface area contributed by atoms with E-state index < -0.39 is 0 Å². The monoisotopic (exact) mass is 322 g/mol. The molecule has 2 aliphatic rings. The summed E-state index contributed by atoms with van der Waals surface area (Å²) in [6.07, 6.45) is 7.17. The highest BCUT2D eigenvalue weighted by Crippen LogP contribution is 2.43. The van der Waals surface area contributed by atoms with Crippen LogP contribution in [0.2, 0.25) is 0 Å². The average molecular weight is 322 g/mol. The molecule has 124 valence electrons. The van der Waals surface area contributed by atoms with Crippen LogP contribution in [0.5, 0.6) is 0 Å². The van der Waals surface area contributed by atoms with Gasteiger partial charge in [-0.1, -0.05) is 43.3 Å². The van der Waals surface area contributed by atoms with Crippen LogP contribution in [0, 0.1) is 6.92 Å². The highest BCUT2D eigenvalue weighted by molar-refractivity contribution is 5.92. The van der Waals surface area contributed by atoms with Crippen molar-refractivity contribution in [3.63, 3.8) is 0 Å². The minimum absolute atomic E-state index is 0.0233. The molecular formula is C20H22N2O2. The number of likely N-dealkylation sites (tertiary alicyclic amines) is 1. The second-order valence-corrected chi connectivity index (χ2v) is 6.74. The number of allylic oxidation sites excluding steroid dienone is 1. The number of oxazole rings is 1. The number of piperidine rings is 1. The van der Waals surface area contributed by atoms with E-state index in [-0.39, 0.29) is 11.3 Å². The van der Waals surface area contributed by atoms with Gasteiger partial charge < -0.3 is 9.32 Å². The van der Waals surface area contributed by atoms with E-state index in [1.54, 1.807) is 0 Å². The topological polar surface area (TPSA) is 46.3 Å². The quantitative estimate of drug-likeness (QED) is 0.846. The van der Waals surface area contributed by atoms with Gasteiger partial charge in [-0.3, -0.25) is 4.79 Å². The number of rotatable bonds is 2. The molecule has 1 spiro atoms. The molecule has 1 aliphatic carbocycles. The Morgan fingerprint density at radius 2 is 2.04 bits per heavy atom. The molecule has 1 aliphatic heterocycles. The van der Waals surface area contributed by atoms with Gasteiger partial charge in [0.05, 0.1) is 5.69 Å². The number of hydrogen-bond acceptors (Lipinski definition) is 3. The predicted octanol–water partition coefficient (Wildman–Crippen LogP) is 3.75. The van der Waals surface area contributed by atoms with Gasteiger partial charge in [-0.15, -0.1) is 0 Å². The molecule has 4 heteroatoms. The number of benzene rings is 1. The Hall–Kier alpha value is -2.36. The van der Waals surface area contributed by atoms with E-state index in [1.807, 2.05) is 18.7 Å². The van der Waals surface area contributed by atoms with Crippen LogP contribution in [0.15, 0.2) is 34.8 Å². The maximum absolute atomic E-state index is 12.8. The summed E-state index contributed by atoms with van der Waals surface area (Å²) in [6, 6.07) is 8.58. The summed E-state index contributed by atoms with van der Waals surface area (Å²) < 4.78 is 5.64. The summed E-state index contributed by atoms with van der Waals surface area (Å²) in [5.41, 5.74) is 3.51. The van der Waals surface area contributed by atoms with Crippen molar-refractivity contribution in [1.29, 1.82) is 0 Å². The molecule has 0 unspecified atom stereocenters. The fourth-order valence-electron chi connectivity index (χ4n) is 3.93. The van der Waals surface area contributed by atoms with E-state index in [0.717, 1.165) is 25.9 Å². The number of aromatic nitrogens is 1. The summed E-state index contributed by atoms with van der Waals surface area (Å²) >= 11 is 0. The lowest BCUT2D eigenvalue weighted by atomic mass is 9.74. The SMILES string of the molecule is CCc1nc(C)c(C(=O)N2CCC3(C=Cc4ccccc43)CC2)o1. The second kappa shape index (κ2) is 5.62. The van der Waals surface area contributed by atoms with Crippen molar-refractivity contribution in [2.24, 2.45) is 0 Å². The van der Waals surface area contributed by atoms with Gasteiger partial charge in [0.15, 0.2) is 5.89 Å². The van der Waals surface area contributed by atoms with Gasteiger partial charge in [0.1, 0.15) is 0 Å². The van der Waals surface area contributed by atoms with Crippen molar-refractivity contribution in [3.05, 3.63) is 58.8 Å². The van der Waals surface area contributed by atoms with Crippen LogP contribution >= 0.6 is 0 Å². The molecule has 2 heterocycles. The van der Waals surface area contributed by atoms with Gasteiger partial charge in [0.25, 0.3) is 5.91 Å². The summed E-state index contributed by atoms with van der Waals surface area (Å²) in [7, 11) is 0. The molecule has 4 nitrogen and oxygen atoms in total. The van der Waals surface area contributed by atoms with Crippen LogP contribution in [-0.4, -0.2) is 28.9 Å². The molecule has 24 heavy (non-hydrogen) atoms. The molecule has 0 saturated carbocycles. The van der Waals surface area contributed by atoms with Crippen molar-refractivity contribution in [3.8, 4) is 0 Å². The molecule has 1 aromatic heterocycles. The van der Waals surface area contributed by atoms with Crippen LogP contribution in [0.4, 0.5) is 0 Å². The van der Waals surface area contributed by atoms with Gasteiger partial charge in [0, 0.05) is 24.9 Å². The lowest BCUT2D eigenvalue weighted by Gasteiger charge is -2.39. The van der Waals surface area contributed by atoms with Crippen molar-refractivity contribution in [1.82, 2.24) is 9.88 Å². The van der Waals surface area contributed by atoms with Crippen molar-refractivity contribution in [2.45, 2.75) is 38.5 Å². The zero-order valence-corrected chi connectivity index (χ0v) is 14.2. The van der Waals surface area contributed by atoms with Crippen LogP contribution in [0.1, 0.15) is 53.0 Å². The van der Waals surface area contributed by atoms with E-state index in [0.29, 0.717) is 23.8 Å². The smallest absolute Gasteiger partial charge is 0.291 e. The molecule has 1 saturated heterocycles. The van der Waals surface area contributed by atoms with Crippen LogP contribution < -0.4 is 0 Å². The number of fused-ring (bicyclic) bond motifs is 2. The van der Waals surface area contributed by atoms with Crippen LogP contribution in [0.25, 0.3) is 6.08 Å². The zero-order chi connectivity index (χ0) is 16.7. The molecule has 4 rings (SSSR count). The Morgan fingerprint density at radius 3 is 2.75 bits per heavy atom. The molecule has 0 bridgehead atoms. The third-order valence-corrected chi connectivity index (χ3v) is 5.36. The van der Waals surface area contributed by atoms with Gasteiger partial charge in [0.2, 0.25) is 5.76 Å². The minimum atomic E-state index is -0.0233. The summed E-state index contributed by atoms with van der Waals surface area (Å²) in [5.74, 6) is 1.02. The highest BCUT2D eigenvalue weighted by atomic mass is 16.4. The molecule has 1 aromatic carbocycles. The van der Waals surface area contributed by atoms with E-state index in [1.165, 1.54) is 11.1 Å². The fourth-order valence-corrected chi connectivity index (χ4v) is 3.93. The Morgan fingerprint density at radius 1 is 1.29 bits per heavy atom. The maximum Gasteiger partial charge on any atom is 0.291 e. The number of carbonyl (C=O) groups is 1. The minimum Gasteiger partial charge on any atom is -0.435 e. The molecular weight excluding hydrogens is 300 g/mol. The molecule has 2 aromatic rings. The third-order valence-electron chi connectivity index (χ3n) is 5.36. The lowest BCUT2D eigenvalue weighted by Crippen LogP contribution is -2.44. The van der Waals surface area contributed by atoms with Gasteiger partial charge in [-0.05, 0) is 30.9 Å². The van der Waals surface area contributed by atoms with Crippen LogP contribution in [0.3, 0.4) is 0 Å². The van der Waals surface area contributed by atoms with Gasteiger partial charge >= 0.3 is 0 Å². The van der Waals surface area contributed by atoms with Crippen molar-refractivity contribution < 1.29 is 9.21 Å². The standard InChI is InChI=1S/C20H22N2O2/c1-3-17-21-14(2)18(24-17)19(23)22-12-10-20(11-13-22)9-8-15-6-4-5-7-16(15)20/h4-9H,3,10-13H2,1-2H3. The Kier molecular flexibility index (Phi) is 3.56. The summed E-state index contributed by atoms with van der Waals surface area (Å²) in [5, 5.41) is 0. The van der Waals surface area contributed by atoms with E-state index in [9.17, 15) is 4.79 Å². The maximum atomic E-state index is 12.8.